The van der Waals surface area contributed by atoms with E-state index in [2.05, 4.69) is 10.6 Å². The Balaban J connectivity index is 1.77. The smallest absolute Gasteiger partial charge is 0.266 e. The number of carbonyl (C=O) groups is 2. The Kier molecular flexibility index (Phi) is 5.49. The third-order valence-corrected chi connectivity index (χ3v) is 5.27. The predicted octanol–water partition coefficient (Wildman–Crippen LogP) is 1.44. The van der Waals surface area contributed by atoms with Crippen LogP contribution in [0, 0.1) is 5.92 Å². The van der Waals surface area contributed by atoms with Crippen LogP contribution in [0.2, 0.25) is 5.02 Å². The van der Waals surface area contributed by atoms with Crippen LogP contribution < -0.4 is 15.4 Å². The summed E-state index contributed by atoms with van der Waals surface area (Å²) in [6, 6.07) is 7.09. The highest BCUT2D eigenvalue weighted by Gasteiger charge is 2.46. The zero-order valence-electron chi connectivity index (χ0n) is 14.4. The molecule has 1 atom stereocenters. The van der Waals surface area contributed by atoms with Crippen molar-refractivity contribution < 1.29 is 14.3 Å². The van der Waals surface area contributed by atoms with Crippen molar-refractivity contribution in [1.29, 1.82) is 0 Å². The van der Waals surface area contributed by atoms with Gasteiger partial charge < -0.3 is 20.3 Å². The summed E-state index contributed by atoms with van der Waals surface area (Å²) in [6.07, 6.45) is 1.91. The van der Waals surface area contributed by atoms with E-state index in [4.69, 9.17) is 16.3 Å². The van der Waals surface area contributed by atoms with E-state index in [-0.39, 0.29) is 17.7 Å². The number of piperidine rings is 1. The molecule has 0 radical (unpaired) electrons. The summed E-state index contributed by atoms with van der Waals surface area (Å²) in [5, 5.41) is 6.58. The average molecular weight is 366 g/mol. The molecule has 0 spiro atoms. The summed E-state index contributed by atoms with van der Waals surface area (Å²) < 4.78 is 6.20. The van der Waals surface area contributed by atoms with E-state index >= 15 is 0 Å². The number of benzene rings is 1. The third kappa shape index (κ3) is 3.90. The number of likely N-dealkylation sites (tertiary alicyclic amines) is 1. The Labute approximate surface area is 152 Å². The zero-order chi connectivity index (χ0) is 17.9. The van der Waals surface area contributed by atoms with E-state index < -0.39 is 5.60 Å². The largest absolute Gasteiger partial charge is 0.477 e. The first-order chi connectivity index (χ1) is 12.0. The molecule has 1 aromatic rings. The second-order valence-electron chi connectivity index (χ2n) is 6.65. The maximum Gasteiger partial charge on any atom is 0.266 e. The van der Waals surface area contributed by atoms with Crippen LogP contribution >= 0.6 is 11.6 Å². The van der Waals surface area contributed by atoms with Gasteiger partial charge in [-0.25, -0.2) is 0 Å². The number of nitrogens with one attached hydrogen (secondary N) is 2. The van der Waals surface area contributed by atoms with Crippen molar-refractivity contribution in [3.05, 3.63) is 29.3 Å². The van der Waals surface area contributed by atoms with Gasteiger partial charge in [-0.05, 0) is 43.8 Å². The SMILES string of the molecule is CNC(=O)C1CCN(C(=O)C2(Oc3ccc(Cl)cc3)CCNCC2)C1. The monoisotopic (exact) mass is 365 g/mol. The second-order valence-corrected chi connectivity index (χ2v) is 7.09. The summed E-state index contributed by atoms with van der Waals surface area (Å²) in [6.45, 7) is 2.51. The minimum atomic E-state index is -0.878. The maximum atomic E-state index is 13.3. The fraction of sp³-hybridized carbons (Fsp3) is 0.556. The first-order valence-electron chi connectivity index (χ1n) is 8.70. The van der Waals surface area contributed by atoms with Crippen molar-refractivity contribution in [3.63, 3.8) is 0 Å². The fourth-order valence-corrected chi connectivity index (χ4v) is 3.70. The lowest BCUT2D eigenvalue weighted by Gasteiger charge is -2.39. The fourth-order valence-electron chi connectivity index (χ4n) is 3.57. The molecule has 2 amide bonds. The van der Waals surface area contributed by atoms with E-state index in [1.54, 1.807) is 36.2 Å². The van der Waals surface area contributed by atoms with Gasteiger partial charge in [-0.1, -0.05) is 11.6 Å². The standard InChI is InChI=1S/C18H24ClN3O3/c1-20-16(23)13-6-11-22(12-13)17(24)18(7-9-21-10-8-18)25-15-4-2-14(19)3-5-15/h2-5,13,21H,6-12H2,1H3,(H,20,23). The van der Waals surface area contributed by atoms with Gasteiger partial charge in [-0.15, -0.1) is 0 Å². The Morgan fingerprint density at radius 3 is 2.60 bits per heavy atom. The van der Waals surface area contributed by atoms with Crippen LogP contribution in [0.15, 0.2) is 24.3 Å². The molecule has 2 saturated heterocycles. The lowest BCUT2D eigenvalue weighted by molar-refractivity contribution is -0.149. The van der Waals surface area contributed by atoms with Crippen molar-refractivity contribution in [2.75, 3.05) is 33.2 Å². The van der Waals surface area contributed by atoms with Crippen molar-refractivity contribution in [3.8, 4) is 5.75 Å². The van der Waals surface area contributed by atoms with Gasteiger partial charge in [0.05, 0.1) is 5.92 Å². The third-order valence-electron chi connectivity index (χ3n) is 5.02. The van der Waals surface area contributed by atoms with Gasteiger partial charge in [0.25, 0.3) is 5.91 Å². The molecule has 0 saturated carbocycles. The number of ether oxygens (including phenoxy) is 1. The van der Waals surface area contributed by atoms with Gasteiger partial charge in [0, 0.05) is 38.0 Å². The van der Waals surface area contributed by atoms with Gasteiger partial charge in [-0.2, -0.15) is 0 Å². The van der Waals surface area contributed by atoms with Gasteiger partial charge in [0.2, 0.25) is 5.91 Å². The number of rotatable bonds is 4. The van der Waals surface area contributed by atoms with E-state index in [0.29, 0.717) is 43.1 Å². The molecule has 6 nitrogen and oxygen atoms in total. The molecule has 1 unspecified atom stereocenters. The maximum absolute atomic E-state index is 13.3. The van der Waals surface area contributed by atoms with Crippen LogP contribution in [0.5, 0.6) is 5.75 Å². The van der Waals surface area contributed by atoms with Gasteiger partial charge in [-0.3, -0.25) is 9.59 Å². The lowest BCUT2D eigenvalue weighted by Crippen LogP contribution is -2.57. The topological polar surface area (TPSA) is 70.7 Å². The molecular weight excluding hydrogens is 342 g/mol. The molecule has 2 aliphatic rings. The van der Waals surface area contributed by atoms with E-state index in [0.717, 1.165) is 13.1 Å². The lowest BCUT2D eigenvalue weighted by atomic mass is 9.90. The van der Waals surface area contributed by atoms with Gasteiger partial charge >= 0.3 is 0 Å². The highest BCUT2D eigenvalue weighted by atomic mass is 35.5. The van der Waals surface area contributed by atoms with E-state index in [9.17, 15) is 9.59 Å². The Morgan fingerprint density at radius 2 is 1.96 bits per heavy atom. The number of amides is 2. The Hall–Kier alpha value is -1.79. The van der Waals surface area contributed by atoms with Gasteiger partial charge in [0.15, 0.2) is 5.60 Å². The molecule has 136 valence electrons. The molecule has 0 aliphatic carbocycles. The average Bonchev–Trinajstić information content (AvgIpc) is 3.13. The van der Waals surface area contributed by atoms with Crippen molar-refractivity contribution in [2.45, 2.75) is 24.9 Å². The van der Waals surface area contributed by atoms with Crippen LogP contribution in [0.1, 0.15) is 19.3 Å². The Morgan fingerprint density at radius 1 is 1.28 bits per heavy atom. The summed E-state index contributed by atoms with van der Waals surface area (Å²) in [7, 11) is 1.63. The molecule has 2 N–H and O–H groups in total. The van der Waals surface area contributed by atoms with Gasteiger partial charge in [0.1, 0.15) is 5.75 Å². The second kappa shape index (κ2) is 7.62. The van der Waals surface area contributed by atoms with E-state index in [1.165, 1.54) is 0 Å². The number of hydrogen-bond donors (Lipinski definition) is 2. The van der Waals surface area contributed by atoms with E-state index in [1.807, 2.05) is 0 Å². The van der Waals surface area contributed by atoms with Crippen LogP contribution in [0.4, 0.5) is 0 Å². The summed E-state index contributed by atoms with van der Waals surface area (Å²) in [5.74, 6) is 0.480. The van der Waals surface area contributed by atoms with Crippen molar-refractivity contribution in [2.24, 2.45) is 5.92 Å². The van der Waals surface area contributed by atoms with Crippen LogP contribution in [0.25, 0.3) is 0 Å². The molecule has 1 aromatic carbocycles. The normalized spacial score (nSPS) is 22.5. The first kappa shape index (κ1) is 18.0. The molecule has 25 heavy (non-hydrogen) atoms. The molecule has 7 heteroatoms. The number of halogens is 1. The number of nitrogens with zero attached hydrogens (tertiary/aromatic N) is 1. The van der Waals surface area contributed by atoms with Crippen LogP contribution in [0.3, 0.4) is 0 Å². The molecule has 2 heterocycles. The molecule has 3 rings (SSSR count). The highest BCUT2D eigenvalue weighted by Crippen LogP contribution is 2.31. The molecule has 2 fully saturated rings. The summed E-state index contributed by atoms with van der Waals surface area (Å²) in [4.78, 5) is 26.9. The number of carbonyl (C=O) groups excluding carboxylic acids is 2. The van der Waals surface area contributed by atoms with Crippen LogP contribution in [-0.2, 0) is 9.59 Å². The minimum Gasteiger partial charge on any atom is -0.477 e. The number of hydrogen-bond acceptors (Lipinski definition) is 4. The quantitative estimate of drug-likeness (QED) is 0.847. The molecular formula is C18H24ClN3O3. The van der Waals surface area contributed by atoms with Crippen LogP contribution in [-0.4, -0.2) is 55.5 Å². The van der Waals surface area contributed by atoms with Crippen molar-refractivity contribution >= 4 is 23.4 Å². The highest BCUT2D eigenvalue weighted by molar-refractivity contribution is 6.30. The summed E-state index contributed by atoms with van der Waals surface area (Å²) in [5.41, 5.74) is -0.878. The zero-order valence-corrected chi connectivity index (χ0v) is 15.1. The Bertz CT molecular complexity index is 629. The predicted molar refractivity (Wildman–Crippen MR) is 95.7 cm³/mol. The summed E-state index contributed by atoms with van der Waals surface area (Å²) >= 11 is 5.94. The van der Waals surface area contributed by atoms with Crippen molar-refractivity contribution in [1.82, 2.24) is 15.5 Å². The molecule has 0 aromatic heterocycles. The first-order valence-corrected chi connectivity index (χ1v) is 9.08. The minimum absolute atomic E-state index is 0.00622. The molecule has 2 aliphatic heterocycles. The molecule has 0 bridgehead atoms.